The second-order valence-corrected chi connectivity index (χ2v) is 2.92. The van der Waals surface area contributed by atoms with Gasteiger partial charge in [-0.05, 0) is 15.9 Å². The Kier molecular flexibility index (Phi) is 2.07. The minimum Gasteiger partial charge on any atom is -0.383 e. The van der Waals surface area contributed by atoms with E-state index in [1.165, 1.54) is 7.05 Å². The number of nitrogens with two attached hydrogens (primary N) is 1. The Hall–Kier alpha value is -0.720. The molecule has 68 valence electrons. The molecule has 1 heterocycles. The molecule has 0 unspecified atom stereocenters. The highest BCUT2D eigenvalue weighted by atomic mass is 79.9. The van der Waals surface area contributed by atoms with Crippen LogP contribution in [0.3, 0.4) is 0 Å². The Labute approximate surface area is 74.5 Å². The van der Waals surface area contributed by atoms with Gasteiger partial charge in [-0.3, -0.25) is 0 Å². The Morgan fingerprint density at radius 2 is 2.00 bits per heavy atom. The number of nitrogen functional groups attached to an aromatic ring is 1. The molecule has 0 saturated heterocycles. The molecule has 0 aliphatic carbocycles. The fourth-order valence-electron chi connectivity index (χ4n) is 0.731. The van der Waals surface area contributed by atoms with Gasteiger partial charge in [0.25, 0.3) is 0 Å². The van der Waals surface area contributed by atoms with Crippen molar-refractivity contribution in [3.63, 3.8) is 0 Å². The molecule has 0 aromatic carbocycles. The molecule has 0 fully saturated rings. The van der Waals surface area contributed by atoms with E-state index in [2.05, 4.69) is 20.9 Å². The van der Waals surface area contributed by atoms with Gasteiger partial charge < -0.3 is 10.3 Å². The molecule has 0 amide bonds. The number of rotatable bonds is 0. The number of hydrogen-bond acceptors (Lipinski definition) is 2. The zero-order valence-corrected chi connectivity index (χ0v) is 7.57. The predicted molar refractivity (Wildman–Crippen MR) is 40.3 cm³/mol. The van der Waals surface area contributed by atoms with Gasteiger partial charge in [-0.15, -0.1) is 0 Å². The normalized spacial score (nSPS) is 12.1. The lowest BCUT2D eigenvalue weighted by molar-refractivity contribution is -0.146. The summed E-state index contributed by atoms with van der Waals surface area (Å²) in [6.45, 7) is 0. The molecule has 0 aliphatic heterocycles. The zero-order valence-electron chi connectivity index (χ0n) is 5.98. The second-order valence-electron chi connectivity index (χ2n) is 2.17. The Balaban J connectivity index is 3.28. The summed E-state index contributed by atoms with van der Waals surface area (Å²) in [5.74, 6) is -1.05. The van der Waals surface area contributed by atoms with E-state index in [1.807, 2.05) is 0 Å². The van der Waals surface area contributed by atoms with Gasteiger partial charge >= 0.3 is 6.18 Å². The predicted octanol–water partition coefficient (Wildman–Crippen LogP) is 1.78. The molecule has 1 aromatic heterocycles. The fourth-order valence-corrected chi connectivity index (χ4v) is 1.17. The first-order valence-electron chi connectivity index (χ1n) is 2.89. The van der Waals surface area contributed by atoms with E-state index in [4.69, 9.17) is 5.73 Å². The van der Waals surface area contributed by atoms with E-state index in [9.17, 15) is 13.2 Å². The first-order valence-corrected chi connectivity index (χ1v) is 3.68. The van der Waals surface area contributed by atoms with Crippen molar-refractivity contribution in [3.8, 4) is 0 Å². The number of nitrogens with zero attached hydrogens (tertiary/aromatic N) is 2. The van der Waals surface area contributed by atoms with Gasteiger partial charge in [-0.2, -0.15) is 13.2 Å². The average Bonchev–Trinajstić information content (AvgIpc) is 2.15. The molecule has 1 rings (SSSR count). The van der Waals surface area contributed by atoms with Crippen LogP contribution in [0.2, 0.25) is 0 Å². The summed E-state index contributed by atoms with van der Waals surface area (Å²) < 4.78 is 37.0. The third-order valence-corrected chi connectivity index (χ3v) is 1.93. The average molecular weight is 244 g/mol. The molecule has 7 heteroatoms. The third-order valence-electron chi connectivity index (χ3n) is 1.35. The summed E-state index contributed by atoms with van der Waals surface area (Å²) in [4.78, 5) is 3.21. The number of imidazole rings is 1. The topological polar surface area (TPSA) is 43.8 Å². The first kappa shape index (κ1) is 9.37. The van der Waals surface area contributed by atoms with Gasteiger partial charge in [0, 0.05) is 7.05 Å². The van der Waals surface area contributed by atoms with Crippen LogP contribution in [-0.2, 0) is 13.2 Å². The van der Waals surface area contributed by atoms with Crippen LogP contribution in [0.4, 0.5) is 19.0 Å². The monoisotopic (exact) mass is 243 g/mol. The van der Waals surface area contributed by atoms with Crippen molar-refractivity contribution in [2.75, 3.05) is 5.73 Å². The molecule has 3 nitrogen and oxygen atoms in total. The number of hydrogen-bond donors (Lipinski definition) is 1. The summed E-state index contributed by atoms with van der Waals surface area (Å²) in [5, 5.41) is 0. The summed E-state index contributed by atoms with van der Waals surface area (Å²) in [6.07, 6.45) is -4.46. The molecule has 1 aromatic rings. The SMILES string of the molecule is Cn1c(C(F)(F)F)nc(Br)c1N. The maximum Gasteiger partial charge on any atom is 0.449 e. The van der Waals surface area contributed by atoms with Gasteiger partial charge in [-0.1, -0.05) is 0 Å². The minimum atomic E-state index is -4.46. The molecule has 0 atom stereocenters. The van der Waals surface area contributed by atoms with Crippen LogP contribution in [-0.4, -0.2) is 9.55 Å². The first-order chi connectivity index (χ1) is 5.34. The van der Waals surface area contributed by atoms with Crippen molar-refractivity contribution in [1.29, 1.82) is 0 Å². The molecule has 0 radical (unpaired) electrons. The van der Waals surface area contributed by atoms with Gasteiger partial charge in [0.1, 0.15) is 10.4 Å². The highest BCUT2D eigenvalue weighted by molar-refractivity contribution is 9.10. The van der Waals surface area contributed by atoms with Crippen molar-refractivity contribution < 1.29 is 13.2 Å². The van der Waals surface area contributed by atoms with Gasteiger partial charge in [-0.25, -0.2) is 4.98 Å². The van der Waals surface area contributed by atoms with Crippen LogP contribution >= 0.6 is 15.9 Å². The van der Waals surface area contributed by atoms with Crippen molar-refractivity contribution in [3.05, 3.63) is 10.4 Å². The molecule has 0 aliphatic rings. The van der Waals surface area contributed by atoms with E-state index in [0.717, 1.165) is 4.57 Å². The summed E-state index contributed by atoms with van der Waals surface area (Å²) in [5.41, 5.74) is 5.25. The number of aromatic nitrogens is 2. The summed E-state index contributed by atoms with van der Waals surface area (Å²) in [6, 6.07) is 0. The summed E-state index contributed by atoms with van der Waals surface area (Å²) in [7, 11) is 1.20. The van der Waals surface area contributed by atoms with Crippen molar-refractivity contribution in [2.45, 2.75) is 6.18 Å². The van der Waals surface area contributed by atoms with Crippen LogP contribution in [0.1, 0.15) is 5.82 Å². The quantitative estimate of drug-likeness (QED) is 0.755. The molecular formula is C5H5BrF3N3. The van der Waals surface area contributed by atoms with E-state index < -0.39 is 12.0 Å². The van der Waals surface area contributed by atoms with E-state index in [-0.39, 0.29) is 10.4 Å². The zero-order chi connectivity index (χ0) is 9.52. The van der Waals surface area contributed by atoms with Crippen LogP contribution in [0, 0.1) is 0 Å². The van der Waals surface area contributed by atoms with Gasteiger partial charge in [0.15, 0.2) is 0 Å². The standard InChI is InChI=1S/C5H5BrF3N3/c1-12-3(10)2(6)11-4(12)5(7,8)9/h10H2,1H3. The van der Waals surface area contributed by atoms with Crippen molar-refractivity contribution >= 4 is 21.7 Å². The molecule has 0 bridgehead atoms. The Morgan fingerprint density at radius 3 is 2.17 bits per heavy atom. The van der Waals surface area contributed by atoms with Crippen LogP contribution in [0.25, 0.3) is 0 Å². The lowest BCUT2D eigenvalue weighted by Crippen LogP contribution is -2.13. The number of anilines is 1. The molecule has 2 N–H and O–H groups in total. The smallest absolute Gasteiger partial charge is 0.383 e. The van der Waals surface area contributed by atoms with Gasteiger partial charge in [0.05, 0.1) is 0 Å². The maximum atomic E-state index is 12.1. The lowest BCUT2D eigenvalue weighted by atomic mass is 10.6. The number of halogens is 4. The van der Waals surface area contributed by atoms with Crippen LogP contribution in [0.5, 0.6) is 0 Å². The highest BCUT2D eigenvalue weighted by Gasteiger charge is 2.37. The Morgan fingerprint density at radius 1 is 1.50 bits per heavy atom. The van der Waals surface area contributed by atoms with E-state index >= 15 is 0 Å². The van der Waals surface area contributed by atoms with Crippen molar-refractivity contribution in [2.24, 2.45) is 7.05 Å². The van der Waals surface area contributed by atoms with Crippen LogP contribution in [0.15, 0.2) is 4.60 Å². The molecular weight excluding hydrogens is 239 g/mol. The summed E-state index contributed by atoms with van der Waals surface area (Å²) >= 11 is 2.80. The number of alkyl halides is 3. The third kappa shape index (κ3) is 1.40. The fraction of sp³-hybridized carbons (Fsp3) is 0.400. The van der Waals surface area contributed by atoms with Crippen molar-refractivity contribution in [1.82, 2.24) is 9.55 Å². The van der Waals surface area contributed by atoms with Gasteiger partial charge in [0.2, 0.25) is 5.82 Å². The second kappa shape index (κ2) is 2.65. The lowest BCUT2D eigenvalue weighted by Gasteiger charge is -2.05. The van der Waals surface area contributed by atoms with Crippen LogP contribution < -0.4 is 5.73 Å². The largest absolute Gasteiger partial charge is 0.449 e. The maximum absolute atomic E-state index is 12.1. The molecule has 0 saturated carbocycles. The highest BCUT2D eigenvalue weighted by Crippen LogP contribution is 2.31. The molecule has 0 spiro atoms. The van der Waals surface area contributed by atoms with E-state index in [0.29, 0.717) is 0 Å². The minimum absolute atomic E-state index is 0.0114. The van der Waals surface area contributed by atoms with E-state index in [1.54, 1.807) is 0 Å². The molecule has 12 heavy (non-hydrogen) atoms. The Bertz CT molecular complexity index is 304.